The topological polar surface area (TPSA) is 6.48 Å². The molecule has 0 spiro atoms. The number of nitrogens with zero attached hydrogens (tertiary/aromatic N) is 2. The summed E-state index contributed by atoms with van der Waals surface area (Å²) in [4.78, 5) is 7.57. The molecule has 0 amide bonds. The smallest absolute Gasteiger partial charge is 0.0417 e. The third-order valence-electron chi connectivity index (χ3n) is 4.97. The van der Waals surface area contributed by atoms with Crippen LogP contribution in [0.1, 0.15) is 17.2 Å². The molecule has 4 rings (SSSR count). The van der Waals surface area contributed by atoms with Gasteiger partial charge in [-0.05, 0) is 54.9 Å². The first-order chi connectivity index (χ1) is 11.6. The van der Waals surface area contributed by atoms with E-state index in [9.17, 15) is 0 Å². The van der Waals surface area contributed by atoms with Crippen LogP contribution < -0.4 is 0 Å². The van der Waals surface area contributed by atoms with Gasteiger partial charge in [0.15, 0.2) is 0 Å². The van der Waals surface area contributed by atoms with Crippen LogP contribution in [-0.4, -0.2) is 43.0 Å². The van der Waals surface area contributed by atoms with Crippen molar-refractivity contribution in [3.8, 4) is 0 Å². The van der Waals surface area contributed by atoms with Crippen molar-refractivity contribution < 1.29 is 0 Å². The van der Waals surface area contributed by atoms with Gasteiger partial charge in [0, 0.05) is 52.1 Å². The van der Waals surface area contributed by atoms with Gasteiger partial charge < -0.3 is 4.90 Å². The SMILES string of the molecule is CN1CCN(C2Cc3cc(Cl)ccc3Sc3cc(Cl)ccc32)CC1. The molecule has 2 heterocycles. The maximum Gasteiger partial charge on any atom is 0.0417 e. The normalized spacial score (nSPS) is 21.9. The lowest BCUT2D eigenvalue weighted by atomic mass is 9.96. The van der Waals surface area contributed by atoms with E-state index in [4.69, 9.17) is 23.2 Å². The van der Waals surface area contributed by atoms with Gasteiger partial charge in [0.1, 0.15) is 0 Å². The van der Waals surface area contributed by atoms with Gasteiger partial charge in [0.25, 0.3) is 0 Å². The van der Waals surface area contributed by atoms with Gasteiger partial charge in [-0.25, -0.2) is 0 Å². The second-order valence-electron chi connectivity index (χ2n) is 6.60. The minimum Gasteiger partial charge on any atom is -0.304 e. The Morgan fingerprint density at radius 3 is 2.42 bits per heavy atom. The predicted octanol–water partition coefficient (Wildman–Crippen LogP) is 4.99. The summed E-state index contributed by atoms with van der Waals surface area (Å²) in [5.41, 5.74) is 2.73. The molecule has 126 valence electrons. The van der Waals surface area contributed by atoms with E-state index >= 15 is 0 Å². The van der Waals surface area contributed by atoms with Crippen LogP contribution in [0.4, 0.5) is 0 Å². The molecule has 2 aromatic carbocycles. The Labute approximate surface area is 157 Å². The van der Waals surface area contributed by atoms with Crippen molar-refractivity contribution in [2.45, 2.75) is 22.3 Å². The lowest BCUT2D eigenvalue weighted by molar-refractivity contribution is 0.110. The molecule has 1 saturated heterocycles. The lowest BCUT2D eigenvalue weighted by Gasteiger charge is -2.38. The highest BCUT2D eigenvalue weighted by molar-refractivity contribution is 7.99. The van der Waals surface area contributed by atoms with E-state index in [0.29, 0.717) is 6.04 Å². The number of benzene rings is 2. The second-order valence-corrected chi connectivity index (χ2v) is 8.55. The van der Waals surface area contributed by atoms with E-state index in [1.165, 1.54) is 20.9 Å². The Hall–Kier alpha value is -0.710. The van der Waals surface area contributed by atoms with Crippen molar-refractivity contribution in [2.24, 2.45) is 0 Å². The molecule has 24 heavy (non-hydrogen) atoms. The van der Waals surface area contributed by atoms with Crippen molar-refractivity contribution in [1.82, 2.24) is 9.80 Å². The van der Waals surface area contributed by atoms with Gasteiger partial charge in [-0.2, -0.15) is 0 Å². The zero-order valence-electron chi connectivity index (χ0n) is 13.6. The average molecular weight is 379 g/mol. The number of likely N-dealkylation sites (N-methyl/N-ethyl adjacent to an activating group) is 1. The summed E-state index contributed by atoms with van der Waals surface area (Å²) in [7, 11) is 2.20. The fourth-order valence-corrected chi connectivity index (χ4v) is 5.16. The van der Waals surface area contributed by atoms with Crippen molar-refractivity contribution in [2.75, 3.05) is 33.2 Å². The maximum absolute atomic E-state index is 6.28. The molecule has 0 aliphatic carbocycles. The molecule has 2 aliphatic rings. The van der Waals surface area contributed by atoms with Crippen molar-refractivity contribution in [3.05, 3.63) is 57.6 Å². The Morgan fingerprint density at radius 2 is 1.62 bits per heavy atom. The number of hydrogen-bond donors (Lipinski definition) is 0. The molecule has 1 fully saturated rings. The van der Waals surface area contributed by atoms with Gasteiger partial charge in [-0.15, -0.1) is 0 Å². The van der Waals surface area contributed by atoms with Gasteiger partial charge in [0.2, 0.25) is 0 Å². The molecule has 5 heteroatoms. The first kappa shape index (κ1) is 16.7. The highest BCUT2D eigenvalue weighted by atomic mass is 35.5. The van der Waals surface area contributed by atoms with Crippen molar-refractivity contribution in [3.63, 3.8) is 0 Å². The van der Waals surface area contributed by atoms with Crippen LogP contribution in [0.25, 0.3) is 0 Å². The summed E-state index contributed by atoms with van der Waals surface area (Å²) in [6.45, 7) is 4.44. The van der Waals surface area contributed by atoms with Crippen LogP contribution in [-0.2, 0) is 6.42 Å². The molecule has 0 saturated carbocycles. The van der Waals surface area contributed by atoms with Crippen molar-refractivity contribution >= 4 is 35.0 Å². The molecule has 2 aliphatic heterocycles. The minimum atomic E-state index is 0.387. The number of halogens is 2. The Balaban J connectivity index is 1.77. The molecular formula is C19H20Cl2N2S. The third kappa shape index (κ3) is 3.33. The minimum absolute atomic E-state index is 0.387. The van der Waals surface area contributed by atoms with Crippen LogP contribution in [0.3, 0.4) is 0 Å². The van der Waals surface area contributed by atoms with Gasteiger partial charge >= 0.3 is 0 Å². The van der Waals surface area contributed by atoms with Crippen LogP contribution in [0.15, 0.2) is 46.2 Å². The molecule has 0 bridgehead atoms. The summed E-state index contributed by atoms with van der Waals surface area (Å²) in [5, 5.41) is 1.62. The summed E-state index contributed by atoms with van der Waals surface area (Å²) in [5.74, 6) is 0. The maximum atomic E-state index is 6.28. The largest absolute Gasteiger partial charge is 0.304 e. The second kappa shape index (κ2) is 6.89. The van der Waals surface area contributed by atoms with Gasteiger partial charge in [-0.3, -0.25) is 4.90 Å². The third-order valence-corrected chi connectivity index (χ3v) is 6.63. The van der Waals surface area contributed by atoms with Gasteiger partial charge in [-0.1, -0.05) is 41.0 Å². The van der Waals surface area contributed by atoms with Crippen LogP contribution in [0.2, 0.25) is 10.0 Å². The monoisotopic (exact) mass is 378 g/mol. The Bertz CT molecular complexity index is 757. The van der Waals surface area contributed by atoms with Crippen LogP contribution in [0.5, 0.6) is 0 Å². The molecule has 0 aromatic heterocycles. The van der Waals surface area contributed by atoms with E-state index in [2.05, 4.69) is 41.1 Å². The summed E-state index contributed by atoms with van der Waals surface area (Å²) in [6.07, 6.45) is 1.00. The first-order valence-corrected chi connectivity index (χ1v) is 9.86. The number of piperazine rings is 1. The first-order valence-electron chi connectivity index (χ1n) is 8.28. The van der Waals surface area contributed by atoms with Crippen molar-refractivity contribution in [1.29, 1.82) is 0 Å². The highest BCUT2D eigenvalue weighted by Crippen LogP contribution is 2.44. The lowest BCUT2D eigenvalue weighted by Crippen LogP contribution is -2.46. The van der Waals surface area contributed by atoms with E-state index in [0.717, 1.165) is 42.6 Å². The quantitative estimate of drug-likeness (QED) is 0.689. The average Bonchev–Trinajstić information content (AvgIpc) is 2.71. The van der Waals surface area contributed by atoms with E-state index < -0.39 is 0 Å². The summed E-state index contributed by atoms with van der Waals surface area (Å²) >= 11 is 14.4. The van der Waals surface area contributed by atoms with Gasteiger partial charge in [0.05, 0.1) is 0 Å². The number of hydrogen-bond acceptors (Lipinski definition) is 3. The molecule has 2 aromatic rings. The Kier molecular flexibility index (Phi) is 4.81. The fourth-order valence-electron chi connectivity index (χ4n) is 3.58. The molecule has 1 unspecified atom stereocenters. The molecule has 0 radical (unpaired) electrons. The zero-order valence-corrected chi connectivity index (χ0v) is 16.0. The standard InChI is InChI=1S/C19H20Cl2N2S/c1-22-6-8-23(9-7-22)17-11-13-10-14(20)3-5-18(13)24-19-12-15(21)2-4-16(17)19/h2-5,10,12,17H,6-9,11H2,1H3. The fraction of sp³-hybridized carbons (Fsp3) is 0.368. The predicted molar refractivity (Wildman–Crippen MR) is 103 cm³/mol. The molecular weight excluding hydrogens is 359 g/mol. The van der Waals surface area contributed by atoms with E-state index in [-0.39, 0.29) is 0 Å². The van der Waals surface area contributed by atoms with E-state index in [1.54, 1.807) is 0 Å². The summed E-state index contributed by atoms with van der Waals surface area (Å²) in [6, 6.07) is 13.0. The molecule has 2 nitrogen and oxygen atoms in total. The highest BCUT2D eigenvalue weighted by Gasteiger charge is 2.29. The zero-order chi connectivity index (χ0) is 16.7. The number of fused-ring (bicyclic) bond motifs is 2. The van der Waals surface area contributed by atoms with E-state index in [1.807, 2.05) is 23.9 Å². The van der Waals surface area contributed by atoms with Crippen LogP contribution in [0, 0.1) is 0 Å². The van der Waals surface area contributed by atoms with Crippen LogP contribution >= 0.6 is 35.0 Å². The molecule has 0 N–H and O–H groups in total. The summed E-state index contributed by atoms with van der Waals surface area (Å²) < 4.78 is 0. The molecule has 1 atom stereocenters. The number of rotatable bonds is 1. The Morgan fingerprint density at radius 1 is 0.917 bits per heavy atom.